The van der Waals surface area contributed by atoms with Crippen LogP contribution in [0.3, 0.4) is 0 Å². The van der Waals surface area contributed by atoms with Crippen molar-refractivity contribution in [1.82, 2.24) is 0 Å². The topological polar surface area (TPSA) is 83.5 Å². The fourth-order valence-corrected chi connectivity index (χ4v) is 1.81. The summed E-state index contributed by atoms with van der Waals surface area (Å²) < 4.78 is 35.3. The van der Waals surface area contributed by atoms with Gasteiger partial charge in [-0.25, -0.2) is 5.11 Å². The summed E-state index contributed by atoms with van der Waals surface area (Å²) in [6, 6.07) is 3.99. The first kappa shape index (κ1) is 11.0. The summed E-state index contributed by atoms with van der Waals surface area (Å²) in [5.74, 6) is -0.0926. The van der Waals surface area contributed by atoms with Gasteiger partial charge in [0.25, 0.3) is 10.1 Å². The Morgan fingerprint density at radius 1 is 1.43 bits per heavy atom. The van der Waals surface area contributed by atoms with Crippen molar-refractivity contribution in [3.05, 3.63) is 23.8 Å². The van der Waals surface area contributed by atoms with Crippen LogP contribution in [0.1, 0.15) is 5.56 Å². The summed E-state index contributed by atoms with van der Waals surface area (Å²) in [5.41, 5.74) is 0.197. The molecular formula is C8H9O5S. The zero-order chi connectivity index (χ0) is 10.8. The van der Waals surface area contributed by atoms with Gasteiger partial charge in [-0.15, -0.1) is 0 Å². The molecule has 0 amide bonds. The van der Waals surface area contributed by atoms with Gasteiger partial charge in [-0.2, -0.15) is 8.42 Å². The van der Waals surface area contributed by atoms with Gasteiger partial charge >= 0.3 is 0 Å². The molecule has 0 saturated carbocycles. The van der Waals surface area contributed by atoms with E-state index >= 15 is 0 Å². The predicted molar refractivity (Wildman–Crippen MR) is 47.2 cm³/mol. The van der Waals surface area contributed by atoms with Crippen LogP contribution >= 0.6 is 0 Å². The van der Waals surface area contributed by atoms with Crippen molar-refractivity contribution in [3.8, 4) is 5.75 Å². The Bertz CT molecular complexity index is 423. The smallest absolute Gasteiger partial charge is 0.298 e. The number of methoxy groups -OCH3 is 1. The van der Waals surface area contributed by atoms with Crippen LogP contribution in [0.15, 0.2) is 23.1 Å². The lowest BCUT2D eigenvalue weighted by Gasteiger charge is -2.08. The highest BCUT2D eigenvalue weighted by atomic mass is 32.2. The van der Waals surface area contributed by atoms with Crippen molar-refractivity contribution >= 4 is 10.1 Å². The van der Waals surface area contributed by atoms with E-state index in [0.717, 1.165) is 0 Å². The Morgan fingerprint density at radius 2 is 2.07 bits per heavy atom. The van der Waals surface area contributed by atoms with E-state index in [4.69, 9.17) is 9.29 Å². The molecule has 0 spiro atoms. The van der Waals surface area contributed by atoms with Crippen LogP contribution in [0.5, 0.6) is 5.75 Å². The fraction of sp³-hybridized carbons (Fsp3) is 0.250. The van der Waals surface area contributed by atoms with E-state index in [-0.39, 0.29) is 16.2 Å². The Kier molecular flexibility index (Phi) is 3.10. The Labute approximate surface area is 81.7 Å². The molecule has 0 unspecified atom stereocenters. The van der Waals surface area contributed by atoms with E-state index in [0.29, 0.717) is 0 Å². The van der Waals surface area contributed by atoms with Crippen LogP contribution in [-0.4, -0.2) is 20.1 Å². The van der Waals surface area contributed by atoms with Crippen molar-refractivity contribution in [2.75, 3.05) is 7.11 Å². The summed E-state index contributed by atoms with van der Waals surface area (Å²) in [7, 11) is -3.10. The highest BCUT2D eigenvalue weighted by Crippen LogP contribution is 2.27. The lowest BCUT2D eigenvalue weighted by atomic mass is 10.2. The second kappa shape index (κ2) is 3.95. The Hall–Kier alpha value is -1.11. The molecule has 77 valence electrons. The zero-order valence-electron chi connectivity index (χ0n) is 7.43. The average molecular weight is 217 g/mol. The number of hydrogen-bond donors (Lipinski definition) is 1. The monoisotopic (exact) mass is 217 g/mol. The van der Waals surface area contributed by atoms with Gasteiger partial charge in [0, 0.05) is 5.56 Å². The van der Waals surface area contributed by atoms with Gasteiger partial charge in [-0.05, 0) is 6.07 Å². The maximum absolute atomic E-state index is 10.9. The molecule has 0 aliphatic rings. The molecule has 0 aliphatic carbocycles. The highest BCUT2D eigenvalue weighted by molar-refractivity contribution is 7.86. The third kappa shape index (κ3) is 2.03. The number of benzene rings is 1. The van der Waals surface area contributed by atoms with E-state index in [1.807, 2.05) is 0 Å². The summed E-state index contributed by atoms with van der Waals surface area (Å²) in [5, 5.41) is 10.6. The van der Waals surface area contributed by atoms with Crippen LogP contribution in [0.25, 0.3) is 0 Å². The maximum atomic E-state index is 10.9. The number of para-hydroxylation sites is 1. The molecule has 0 aromatic heterocycles. The first-order valence-corrected chi connectivity index (χ1v) is 5.16. The Morgan fingerprint density at radius 3 is 2.50 bits per heavy atom. The molecule has 0 bridgehead atoms. The van der Waals surface area contributed by atoms with Crippen molar-refractivity contribution in [2.45, 2.75) is 11.5 Å². The maximum Gasteiger partial charge on any atom is 0.298 e. The standard InChI is InChI=1S/C8H9O5S/c1-13-8-6(5-9)3-2-4-7(8)14(10,11)12/h2-4H,5H2,1H3,(H,10,11,12). The summed E-state index contributed by atoms with van der Waals surface area (Å²) in [6.45, 7) is -0.605. The van der Waals surface area contributed by atoms with Gasteiger partial charge in [0.1, 0.15) is 17.3 Å². The predicted octanol–water partition coefficient (Wildman–Crippen LogP) is 0.872. The van der Waals surface area contributed by atoms with Gasteiger partial charge in [0.15, 0.2) is 0 Å². The van der Waals surface area contributed by atoms with Crippen molar-refractivity contribution in [3.63, 3.8) is 0 Å². The average Bonchev–Trinajstić information content (AvgIpc) is 2.15. The van der Waals surface area contributed by atoms with Gasteiger partial charge < -0.3 is 4.74 Å². The van der Waals surface area contributed by atoms with Crippen LogP contribution in [-0.2, 0) is 21.8 Å². The van der Waals surface area contributed by atoms with Crippen molar-refractivity contribution < 1.29 is 22.8 Å². The molecule has 1 radical (unpaired) electrons. The molecule has 14 heavy (non-hydrogen) atoms. The van der Waals surface area contributed by atoms with Crippen LogP contribution in [0, 0.1) is 0 Å². The minimum atomic E-state index is -4.34. The largest absolute Gasteiger partial charge is 0.495 e. The summed E-state index contributed by atoms with van der Waals surface area (Å²) in [4.78, 5) is -0.381. The molecule has 1 rings (SSSR count). The number of rotatable bonds is 3. The van der Waals surface area contributed by atoms with Crippen LogP contribution in [0.4, 0.5) is 0 Å². The summed E-state index contributed by atoms with van der Waals surface area (Å²) >= 11 is 0. The summed E-state index contributed by atoms with van der Waals surface area (Å²) in [6.07, 6.45) is 0. The molecule has 0 fully saturated rings. The molecule has 0 heterocycles. The fourth-order valence-electron chi connectivity index (χ4n) is 1.11. The SMILES string of the molecule is COc1c(C[O])cccc1S(=O)(=O)O. The van der Waals surface area contributed by atoms with Crippen LogP contribution in [0.2, 0.25) is 0 Å². The normalized spacial score (nSPS) is 11.4. The minimum absolute atomic E-state index is 0.0926. The van der Waals surface area contributed by atoms with E-state index in [2.05, 4.69) is 0 Å². The second-order valence-electron chi connectivity index (χ2n) is 2.57. The molecule has 6 heteroatoms. The lowest BCUT2D eigenvalue weighted by Crippen LogP contribution is -2.03. The van der Waals surface area contributed by atoms with E-state index < -0.39 is 16.7 Å². The molecule has 1 aromatic rings. The van der Waals surface area contributed by atoms with Gasteiger partial charge in [0.2, 0.25) is 0 Å². The zero-order valence-corrected chi connectivity index (χ0v) is 8.24. The van der Waals surface area contributed by atoms with Crippen molar-refractivity contribution in [1.29, 1.82) is 0 Å². The highest BCUT2D eigenvalue weighted by Gasteiger charge is 2.18. The van der Waals surface area contributed by atoms with Crippen LogP contribution < -0.4 is 4.74 Å². The van der Waals surface area contributed by atoms with E-state index in [9.17, 15) is 13.5 Å². The van der Waals surface area contributed by atoms with E-state index in [1.165, 1.54) is 25.3 Å². The molecule has 1 aromatic carbocycles. The quantitative estimate of drug-likeness (QED) is 0.761. The third-order valence-corrected chi connectivity index (χ3v) is 2.58. The van der Waals surface area contributed by atoms with Crippen molar-refractivity contribution in [2.24, 2.45) is 0 Å². The minimum Gasteiger partial charge on any atom is -0.495 e. The first-order chi connectivity index (χ1) is 6.50. The number of hydrogen-bond acceptors (Lipinski definition) is 3. The third-order valence-electron chi connectivity index (χ3n) is 1.70. The van der Waals surface area contributed by atoms with Gasteiger partial charge in [-0.1, -0.05) is 12.1 Å². The lowest BCUT2D eigenvalue weighted by molar-refractivity contribution is 0.173. The molecule has 5 nitrogen and oxygen atoms in total. The van der Waals surface area contributed by atoms with Gasteiger partial charge in [0.05, 0.1) is 7.11 Å². The second-order valence-corrected chi connectivity index (χ2v) is 3.96. The molecule has 0 saturated heterocycles. The molecular weight excluding hydrogens is 208 g/mol. The number of ether oxygens (including phenoxy) is 1. The molecule has 1 N–H and O–H groups in total. The van der Waals surface area contributed by atoms with E-state index in [1.54, 1.807) is 0 Å². The molecule has 0 aliphatic heterocycles. The Balaban J connectivity index is 3.45. The van der Waals surface area contributed by atoms with Gasteiger partial charge in [-0.3, -0.25) is 4.55 Å². The first-order valence-electron chi connectivity index (χ1n) is 3.72. The molecule has 0 atom stereocenters.